The third-order valence-electron chi connectivity index (χ3n) is 6.01. The molecule has 0 saturated carbocycles. The van der Waals surface area contributed by atoms with E-state index in [1.165, 1.54) is 0 Å². The molecule has 0 spiro atoms. The highest BCUT2D eigenvalue weighted by molar-refractivity contribution is 6.31. The molecule has 0 aliphatic carbocycles. The van der Waals surface area contributed by atoms with Crippen LogP contribution in [0.4, 0.5) is 0 Å². The highest BCUT2D eigenvalue weighted by atomic mass is 35.5. The second kappa shape index (κ2) is 12.4. The van der Waals surface area contributed by atoms with Crippen LogP contribution in [0.25, 0.3) is 0 Å². The molecule has 0 aliphatic heterocycles. The summed E-state index contributed by atoms with van der Waals surface area (Å²) in [6.45, 7) is 6.27. The lowest BCUT2D eigenvalue weighted by atomic mass is 10.0. The fourth-order valence-electron chi connectivity index (χ4n) is 3.90. The van der Waals surface area contributed by atoms with E-state index in [0.29, 0.717) is 11.4 Å². The molecular formula is C29H33ClN2O2. The Hall–Kier alpha value is -3.11. The molecule has 3 aromatic rings. The molecule has 3 rings (SSSR count). The van der Waals surface area contributed by atoms with Crippen LogP contribution >= 0.6 is 11.6 Å². The van der Waals surface area contributed by atoms with Crippen molar-refractivity contribution in [3.05, 3.63) is 106 Å². The molecular weight excluding hydrogens is 444 g/mol. The molecule has 4 nitrogen and oxygen atoms in total. The Bertz CT molecular complexity index is 1100. The van der Waals surface area contributed by atoms with Crippen molar-refractivity contribution in [2.75, 3.05) is 0 Å². The second-order valence-electron chi connectivity index (χ2n) is 8.80. The van der Waals surface area contributed by atoms with E-state index in [-0.39, 0.29) is 30.8 Å². The van der Waals surface area contributed by atoms with Crippen LogP contribution in [0.2, 0.25) is 5.02 Å². The summed E-state index contributed by atoms with van der Waals surface area (Å²) in [5, 5.41) is 3.67. The zero-order valence-electron chi connectivity index (χ0n) is 20.1. The maximum absolute atomic E-state index is 13.7. The van der Waals surface area contributed by atoms with Gasteiger partial charge in [-0.2, -0.15) is 0 Å². The van der Waals surface area contributed by atoms with Gasteiger partial charge in [-0.05, 0) is 43.0 Å². The van der Waals surface area contributed by atoms with Gasteiger partial charge in [0, 0.05) is 24.0 Å². The molecule has 5 heteroatoms. The van der Waals surface area contributed by atoms with Gasteiger partial charge in [0.2, 0.25) is 11.8 Å². The predicted molar refractivity (Wildman–Crippen MR) is 139 cm³/mol. The van der Waals surface area contributed by atoms with Crippen LogP contribution in [0, 0.1) is 6.92 Å². The molecule has 34 heavy (non-hydrogen) atoms. The van der Waals surface area contributed by atoms with Crippen molar-refractivity contribution < 1.29 is 9.59 Å². The van der Waals surface area contributed by atoms with E-state index in [0.717, 1.165) is 28.7 Å². The first-order chi connectivity index (χ1) is 16.4. The number of carbonyl (C=O) groups excluding carboxylic acids is 2. The van der Waals surface area contributed by atoms with Crippen LogP contribution < -0.4 is 5.32 Å². The molecule has 0 aliphatic rings. The van der Waals surface area contributed by atoms with E-state index < -0.39 is 6.04 Å². The summed E-state index contributed by atoms with van der Waals surface area (Å²) in [7, 11) is 0. The fraction of sp³-hybridized carbons (Fsp3) is 0.310. The zero-order valence-corrected chi connectivity index (χ0v) is 20.9. The maximum Gasteiger partial charge on any atom is 0.243 e. The molecule has 0 saturated heterocycles. The average molecular weight is 477 g/mol. The molecule has 3 aromatic carbocycles. The van der Waals surface area contributed by atoms with Crippen LogP contribution in [-0.2, 0) is 29.0 Å². The van der Waals surface area contributed by atoms with Crippen molar-refractivity contribution in [3.63, 3.8) is 0 Å². The Morgan fingerprint density at radius 1 is 0.941 bits per heavy atom. The van der Waals surface area contributed by atoms with E-state index in [2.05, 4.69) is 5.32 Å². The number of aryl methyl sites for hydroxylation is 1. The minimum absolute atomic E-state index is 0.0137. The van der Waals surface area contributed by atoms with Crippen LogP contribution in [0.5, 0.6) is 0 Å². The Balaban J connectivity index is 1.98. The number of halogens is 1. The summed E-state index contributed by atoms with van der Waals surface area (Å²) in [6, 6.07) is 24.6. The van der Waals surface area contributed by atoms with Gasteiger partial charge >= 0.3 is 0 Å². The first-order valence-electron chi connectivity index (χ1n) is 11.8. The lowest BCUT2D eigenvalue weighted by Crippen LogP contribution is -2.52. The SMILES string of the molecule is CC[C@@H](C)NC(=O)[C@H](Cc1ccccc1)N(Cc1ccccc1Cl)C(=O)Cc1cccc(C)c1. The van der Waals surface area contributed by atoms with E-state index in [1.54, 1.807) is 4.90 Å². The minimum Gasteiger partial charge on any atom is -0.352 e. The Labute approximate surface area is 207 Å². The van der Waals surface area contributed by atoms with Gasteiger partial charge in [-0.1, -0.05) is 96.9 Å². The van der Waals surface area contributed by atoms with Crippen LogP contribution in [0.3, 0.4) is 0 Å². The number of nitrogens with one attached hydrogen (secondary N) is 1. The average Bonchev–Trinajstić information content (AvgIpc) is 2.82. The van der Waals surface area contributed by atoms with E-state index in [1.807, 2.05) is 99.6 Å². The highest BCUT2D eigenvalue weighted by Crippen LogP contribution is 2.21. The van der Waals surface area contributed by atoms with Gasteiger partial charge in [0.15, 0.2) is 0 Å². The molecule has 1 N–H and O–H groups in total. The van der Waals surface area contributed by atoms with Crippen molar-refractivity contribution in [1.82, 2.24) is 10.2 Å². The van der Waals surface area contributed by atoms with Crippen molar-refractivity contribution in [2.24, 2.45) is 0 Å². The van der Waals surface area contributed by atoms with Crippen molar-refractivity contribution in [2.45, 2.75) is 58.7 Å². The number of hydrogen-bond acceptors (Lipinski definition) is 2. The zero-order chi connectivity index (χ0) is 24.5. The summed E-state index contributed by atoms with van der Waals surface area (Å²) in [4.78, 5) is 28.9. The summed E-state index contributed by atoms with van der Waals surface area (Å²) < 4.78 is 0. The standard InChI is InChI=1S/C29H33ClN2O2/c1-4-22(3)31-29(34)27(18-23-12-6-5-7-13-23)32(20-25-15-8-9-16-26(25)30)28(33)19-24-14-10-11-21(2)17-24/h5-17,22,27H,4,18-20H2,1-3H3,(H,31,34)/t22-,27+/m1/s1. The monoisotopic (exact) mass is 476 g/mol. The Morgan fingerprint density at radius 3 is 2.29 bits per heavy atom. The van der Waals surface area contributed by atoms with Crippen molar-refractivity contribution in [3.8, 4) is 0 Å². The van der Waals surface area contributed by atoms with Crippen LogP contribution in [-0.4, -0.2) is 28.8 Å². The van der Waals surface area contributed by atoms with Crippen LogP contribution in [0.15, 0.2) is 78.9 Å². The summed E-state index contributed by atoms with van der Waals surface area (Å²) in [5.41, 5.74) is 3.84. The van der Waals surface area contributed by atoms with Gasteiger partial charge in [-0.3, -0.25) is 9.59 Å². The summed E-state index contributed by atoms with van der Waals surface area (Å²) in [6.07, 6.45) is 1.45. The third-order valence-corrected chi connectivity index (χ3v) is 6.38. The molecule has 2 amide bonds. The smallest absolute Gasteiger partial charge is 0.243 e. The van der Waals surface area contributed by atoms with Gasteiger partial charge < -0.3 is 10.2 Å². The number of hydrogen-bond donors (Lipinski definition) is 1. The molecule has 0 fully saturated rings. The number of amides is 2. The van der Waals surface area contributed by atoms with E-state index in [9.17, 15) is 9.59 Å². The van der Waals surface area contributed by atoms with Crippen LogP contribution in [0.1, 0.15) is 42.5 Å². The quantitative estimate of drug-likeness (QED) is 0.405. The van der Waals surface area contributed by atoms with Gasteiger partial charge in [-0.25, -0.2) is 0 Å². The molecule has 0 unspecified atom stereocenters. The first kappa shape index (κ1) is 25.5. The molecule has 0 bridgehead atoms. The molecule has 0 heterocycles. The fourth-order valence-corrected chi connectivity index (χ4v) is 4.10. The number of carbonyl (C=O) groups is 2. The van der Waals surface area contributed by atoms with Crippen molar-refractivity contribution >= 4 is 23.4 Å². The number of nitrogens with zero attached hydrogens (tertiary/aromatic N) is 1. The van der Waals surface area contributed by atoms with Gasteiger partial charge in [0.25, 0.3) is 0 Å². The number of rotatable bonds is 10. The lowest BCUT2D eigenvalue weighted by molar-refractivity contribution is -0.141. The van der Waals surface area contributed by atoms with E-state index >= 15 is 0 Å². The van der Waals surface area contributed by atoms with Gasteiger partial charge in [0.05, 0.1) is 6.42 Å². The maximum atomic E-state index is 13.7. The predicted octanol–water partition coefficient (Wildman–Crippen LogP) is 5.75. The second-order valence-corrected chi connectivity index (χ2v) is 9.21. The molecule has 0 radical (unpaired) electrons. The normalized spacial score (nSPS) is 12.6. The number of benzene rings is 3. The van der Waals surface area contributed by atoms with Crippen molar-refractivity contribution in [1.29, 1.82) is 0 Å². The molecule has 2 atom stereocenters. The molecule has 178 valence electrons. The van der Waals surface area contributed by atoms with Gasteiger partial charge in [0.1, 0.15) is 6.04 Å². The first-order valence-corrected chi connectivity index (χ1v) is 12.2. The Kier molecular flexibility index (Phi) is 9.29. The molecule has 0 aromatic heterocycles. The summed E-state index contributed by atoms with van der Waals surface area (Å²) >= 11 is 6.47. The topological polar surface area (TPSA) is 49.4 Å². The Morgan fingerprint density at radius 2 is 1.62 bits per heavy atom. The minimum atomic E-state index is -0.662. The third kappa shape index (κ3) is 7.19. The van der Waals surface area contributed by atoms with Gasteiger partial charge in [-0.15, -0.1) is 0 Å². The van der Waals surface area contributed by atoms with E-state index in [4.69, 9.17) is 11.6 Å². The highest BCUT2D eigenvalue weighted by Gasteiger charge is 2.31. The lowest BCUT2D eigenvalue weighted by Gasteiger charge is -2.32. The largest absolute Gasteiger partial charge is 0.352 e. The summed E-state index contributed by atoms with van der Waals surface area (Å²) in [5.74, 6) is -0.256.